The number of pyridine rings is 1. The van der Waals surface area contributed by atoms with Crippen molar-refractivity contribution in [3.05, 3.63) is 58.8 Å². The number of nitrogens with one attached hydrogen (secondary N) is 1. The first-order valence-corrected chi connectivity index (χ1v) is 10.1. The molecule has 0 fully saturated rings. The Kier molecular flexibility index (Phi) is 3.86. The maximum Gasteiger partial charge on any atom is 0.172 e. The van der Waals surface area contributed by atoms with Crippen molar-refractivity contribution in [2.75, 3.05) is 18.5 Å². The summed E-state index contributed by atoms with van der Waals surface area (Å²) >= 11 is 0. The third-order valence-electron chi connectivity index (χ3n) is 5.88. The Balaban J connectivity index is 1.53. The summed E-state index contributed by atoms with van der Waals surface area (Å²) in [5, 5.41) is 20.3. The van der Waals surface area contributed by atoms with Gasteiger partial charge in [-0.05, 0) is 43.7 Å². The van der Waals surface area contributed by atoms with Crippen molar-refractivity contribution in [1.29, 1.82) is 0 Å². The Morgan fingerprint density at radius 2 is 1.90 bits per heavy atom. The van der Waals surface area contributed by atoms with Crippen LogP contribution in [-0.4, -0.2) is 38.0 Å². The van der Waals surface area contributed by atoms with Gasteiger partial charge in [-0.15, -0.1) is 15.3 Å². The third kappa shape index (κ3) is 2.73. The van der Waals surface area contributed by atoms with Crippen molar-refractivity contribution < 1.29 is 13.9 Å². The van der Waals surface area contributed by atoms with E-state index in [1.807, 2.05) is 30.4 Å². The van der Waals surface area contributed by atoms with Crippen LogP contribution in [0, 0.1) is 19.7 Å². The zero-order valence-corrected chi connectivity index (χ0v) is 17.0. The van der Waals surface area contributed by atoms with Gasteiger partial charge >= 0.3 is 0 Å². The molecule has 1 N–H and O–H groups in total. The summed E-state index contributed by atoms with van der Waals surface area (Å²) in [6.45, 7) is 5.01. The van der Waals surface area contributed by atoms with Crippen LogP contribution in [0.4, 0.5) is 10.2 Å². The van der Waals surface area contributed by atoms with Crippen molar-refractivity contribution in [1.82, 2.24) is 24.8 Å². The molecule has 9 heteroatoms. The normalized spacial score (nSPS) is 16.9. The van der Waals surface area contributed by atoms with E-state index in [9.17, 15) is 4.39 Å². The number of ether oxygens (including phenoxy) is 2. The molecule has 156 valence electrons. The summed E-state index contributed by atoms with van der Waals surface area (Å²) in [4.78, 5) is 0. The molecule has 3 aromatic heterocycles. The first kappa shape index (κ1) is 18.1. The summed E-state index contributed by atoms with van der Waals surface area (Å²) in [6.07, 6.45) is 1.61. The highest BCUT2D eigenvalue weighted by Gasteiger charge is 2.31. The van der Waals surface area contributed by atoms with E-state index in [0.717, 1.165) is 33.8 Å². The minimum Gasteiger partial charge on any atom is -0.493 e. The Hall–Kier alpha value is -3.75. The van der Waals surface area contributed by atoms with Gasteiger partial charge in [-0.2, -0.15) is 5.10 Å². The van der Waals surface area contributed by atoms with Gasteiger partial charge in [0.2, 0.25) is 0 Å². The summed E-state index contributed by atoms with van der Waals surface area (Å²) in [6, 6.07) is 7.02. The minimum absolute atomic E-state index is 0.0468. The number of fused-ring (bicyclic) bond motifs is 3. The average molecular weight is 418 g/mol. The molecule has 0 saturated carbocycles. The molecule has 0 unspecified atom stereocenters. The maximum absolute atomic E-state index is 14.7. The Bertz CT molecular complexity index is 1350. The molecule has 0 aliphatic carbocycles. The van der Waals surface area contributed by atoms with Crippen LogP contribution >= 0.6 is 0 Å². The van der Waals surface area contributed by atoms with Crippen LogP contribution in [0.3, 0.4) is 0 Å². The fourth-order valence-corrected chi connectivity index (χ4v) is 4.44. The smallest absolute Gasteiger partial charge is 0.172 e. The Morgan fingerprint density at radius 1 is 1.06 bits per heavy atom. The number of halogens is 1. The molecule has 0 amide bonds. The van der Waals surface area contributed by atoms with E-state index in [1.54, 1.807) is 12.4 Å². The molecule has 6 rings (SSSR count). The van der Waals surface area contributed by atoms with Gasteiger partial charge in [0.15, 0.2) is 17.2 Å². The van der Waals surface area contributed by atoms with Gasteiger partial charge in [-0.25, -0.2) is 4.39 Å². The molecular weight excluding hydrogens is 399 g/mol. The van der Waals surface area contributed by atoms with E-state index in [0.29, 0.717) is 42.5 Å². The van der Waals surface area contributed by atoms with Crippen LogP contribution in [-0.2, 0) is 6.54 Å². The number of benzene rings is 1. The lowest BCUT2D eigenvalue weighted by molar-refractivity contribution is 0.249. The van der Waals surface area contributed by atoms with Crippen LogP contribution in [0.25, 0.3) is 16.9 Å². The van der Waals surface area contributed by atoms with Crippen molar-refractivity contribution >= 4 is 11.5 Å². The number of nitrogens with zero attached hydrogens (tertiary/aromatic N) is 5. The second-order valence-electron chi connectivity index (χ2n) is 7.92. The molecular formula is C22H19FN6O2. The van der Waals surface area contributed by atoms with E-state index in [1.165, 1.54) is 6.07 Å². The Morgan fingerprint density at radius 3 is 2.74 bits per heavy atom. The van der Waals surface area contributed by atoms with E-state index < -0.39 is 0 Å². The molecule has 4 aromatic rings. The third-order valence-corrected chi connectivity index (χ3v) is 5.88. The quantitative estimate of drug-likeness (QED) is 0.507. The zero-order valence-electron chi connectivity index (χ0n) is 17.0. The number of hydrogen-bond acceptors (Lipinski definition) is 7. The molecule has 0 spiro atoms. The summed E-state index contributed by atoms with van der Waals surface area (Å²) in [5.41, 5.74) is 5.41. The lowest BCUT2D eigenvalue weighted by Gasteiger charge is -2.17. The highest BCUT2D eigenvalue weighted by atomic mass is 19.1. The van der Waals surface area contributed by atoms with Gasteiger partial charge < -0.3 is 14.8 Å². The second kappa shape index (κ2) is 6.63. The maximum atomic E-state index is 14.7. The van der Waals surface area contributed by atoms with Crippen LogP contribution in [0.1, 0.15) is 28.3 Å². The first-order valence-electron chi connectivity index (χ1n) is 10.1. The van der Waals surface area contributed by atoms with Crippen LogP contribution in [0.2, 0.25) is 0 Å². The highest BCUT2D eigenvalue weighted by Crippen LogP contribution is 2.41. The number of hydrogen-bond donors (Lipinski definition) is 1. The number of aromatic nitrogens is 5. The summed E-state index contributed by atoms with van der Waals surface area (Å²) in [5.74, 6) is 1.70. The topological polar surface area (TPSA) is 86.5 Å². The van der Waals surface area contributed by atoms with Gasteiger partial charge in [-0.3, -0.25) is 4.40 Å². The van der Waals surface area contributed by atoms with E-state index in [-0.39, 0.29) is 11.7 Å². The van der Waals surface area contributed by atoms with Crippen LogP contribution in [0.15, 0.2) is 30.6 Å². The largest absolute Gasteiger partial charge is 0.493 e. The summed E-state index contributed by atoms with van der Waals surface area (Å²) < 4.78 is 28.6. The van der Waals surface area contributed by atoms with Gasteiger partial charge in [0, 0.05) is 17.7 Å². The average Bonchev–Trinajstić information content (AvgIpc) is 3.40. The molecule has 1 aromatic carbocycles. The number of anilines is 1. The second-order valence-corrected chi connectivity index (χ2v) is 7.92. The standard InChI is InChI=1S/C22H19FN6O2/c1-11-5-12(2)26-27-20(11)14-6-18-22(29-10-25-28-21(14)29)24-7-15-16(23)3-4-17-19(15)13(8-30-17)9-31-18/h3-6,10,13,24H,7-9H2,1-2H3/t13-/m0/s1. The monoisotopic (exact) mass is 418 g/mol. The molecule has 8 nitrogen and oxygen atoms in total. The molecule has 1 atom stereocenters. The van der Waals surface area contributed by atoms with Crippen molar-refractivity contribution in [3.63, 3.8) is 0 Å². The molecule has 0 radical (unpaired) electrons. The fraction of sp³-hybridized carbons (Fsp3) is 0.273. The molecule has 2 aliphatic heterocycles. The molecule has 0 bridgehead atoms. The van der Waals surface area contributed by atoms with Gasteiger partial charge in [0.1, 0.15) is 17.9 Å². The molecule has 31 heavy (non-hydrogen) atoms. The lowest BCUT2D eigenvalue weighted by atomic mass is 9.96. The van der Waals surface area contributed by atoms with Crippen LogP contribution in [0.5, 0.6) is 11.5 Å². The van der Waals surface area contributed by atoms with Gasteiger partial charge in [0.05, 0.1) is 36.1 Å². The fourth-order valence-electron chi connectivity index (χ4n) is 4.44. The molecule has 5 heterocycles. The first-order chi connectivity index (χ1) is 15.1. The van der Waals surface area contributed by atoms with Crippen molar-refractivity contribution in [2.24, 2.45) is 0 Å². The van der Waals surface area contributed by atoms with Gasteiger partial charge in [0.25, 0.3) is 0 Å². The predicted molar refractivity (Wildman–Crippen MR) is 111 cm³/mol. The van der Waals surface area contributed by atoms with E-state index >= 15 is 0 Å². The number of rotatable bonds is 1. The SMILES string of the molecule is Cc1cc(C)c(-c2cc3c(n4cnnc24)NCc2c(F)ccc4c2[C@@H](CO4)CO3)nn1. The predicted octanol–water partition coefficient (Wildman–Crippen LogP) is 3.42. The number of aryl methyl sites for hydroxylation is 2. The van der Waals surface area contributed by atoms with E-state index in [4.69, 9.17) is 9.47 Å². The summed E-state index contributed by atoms with van der Waals surface area (Å²) in [7, 11) is 0. The van der Waals surface area contributed by atoms with Crippen molar-refractivity contribution in [2.45, 2.75) is 26.3 Å². The minimum atomic E-state index is -0.257. The lowest BCUT2D eigenvalue weighted by Crippen LogP contribution is -2.13. The van der Waals surface area contributed by atoms with Crippen LogP contribution < -0.4 is 14.8 Å². The van der Waals surface area contributed by atoms with E-state index in [2.05, 4.69) is 25.7 Å². The molecule has 2 aliphatic rings. The highest BCUT2D eigenvalue weighted by molar-refractivity contribution is 5.81. The van der Waals surface area contributed by atoms with Crippen molar-refractivity contribution in [3.8, 4) is 22.8 Å². The molecule has 0 saturated heterocycles. The zero-order chi connectivity index (χ0) is 21.1. The van der Waals surface area contributed by atoms with Gasteiger partial charge in [-0.1, -0.05) is 0 Å². The Labute approximate surface area is 177 Å².